The zero-order valence-corrected chi connectivity index (χ0v) is 16.2. The molecule has 2 saturated heterocycles. The number of imide groups is 1. The third kappa shape index (κ3) is 3.99. The first-order valence-electron chi connectivity index (χ1n) is 10.0. The van der Waals surface area contributed by atoms with Crippen molar-refractivity contribution in [1.29, 1.82) is 0 Å². The van der Waals surface area contributed by atoms with Gasteiger partial charge in [-0.3, -0.25) is 14.6 Å². The maximum atomic E-state index is 12.9. The van der Waals surface area contributed by atoms with Crippen LogP contribution in [0.2, 0.25) is 0 Å². The van der Waals surface area contributed by atoms with Gasteiger partial charge < -0.3 is 10.2 Å². The van der Waals surface area contributed by atoms with E-state index in [0.29, 0.717) is 18.7 Å². The van der Waals surface area contributed by atoms with Gasteiger partial charge in [-0.25, -0.2) is 9.69 Å². The number of likely N-dealkylation sites (tertiary alicyclic amines) is 1. The van der Waals surface area contributed by atoms with Crippen LogP contribution in [-0.4, -0.2) is 40.3 Å². The van der Waals surface area contributed by atoms with E-state index >= 15 is 0 Å². The number of pyridine rings is 1. The fourth-order valence-corrected chi connectivity index (χ4v) is 4.11. The van der Waals surface area contributed by atoms with Crippen LogP contribution in [0.4, 0.5) is 10.5 Å². The Morgan fingerprint density at radius 3 is 2.69 bits per heavy atom. The van der Waals surface area contributed by atoms with E-state index in [4.69, 9.17) is 0 Å². The smallest absolute Gasteiger partial charge is 0.329 e. The van der Waals surface area contributed by atoms with Crippen LogP contribution in [-0.2, 0) is 9.59 Å². The second kappa shape index (κ2) is 8.43. The summed E-state index contributed by atoms with van der Waals surface area (Å²) >= 11 is 0. The Labute approximate surface area is 169 Å². The molecule has 0 spiro atoms. The van der Waals surface area contributed by atoms with Crippen molar-refractivity contribution in [3.63, 3.8) is 0 Å². The molecule has 7 heteroatoms. The number of carbonyl (C=O) groups excluding carboxylic acids is 3. The number of rotatable bonds is 5. The van der Waals surface area contributed by atoms with E-state index in [1.54, 1.807) is 30.5 Å². The van der Waals surface area contributed by atoms with Crippen molar-refractivity contribution in [1.82, 2.24) is 15.2 Å². The zero-order valence-electron chi connectivity index (χ0n) is 16.2. The van der Waals surface area contributed by atoms with E-state index in [2.05, 4.69) is 10.3 Å². The van der Waals surface area contributed by atoms with Crippen LogP contribution in [0.3, 0.4) is 0 Å². The normalized spacial score (nSPS) is 21.9. The molecule has 29 heavy (non-hydrogen) atoms. The summed E-state index contributed by atoms with van der Waals surface area (Å²) in [5.41, 5.74) is 1.58. The van der Waals surface area contributed by atoms with Gasteiger partial charge in [-0.1, -0.05) is 24.3 Å². The van der Waals surface area contributed by atoms with E-state index < -0.39 is 12.1 Å². The van der Waals surface area contributed by atoms with E-state index in [1.807, 2.05) is 29.3 Å². The molecule has 2 aliphatic rings. The second-order valence-corrected chi connectivity index (χ2v) is 7.44. The fourth-order valence-electron chi connectivity index (χ4n) is 4.11. The Morgan fingerprint density at radius 2 is 1.93 bits per heavy atom. The summed E-state index contributed by atoms with van der Waals surface area (Å²) in [6.45, 7) is 0.708. The molecule has 2 atom stereocenters. The highest BCUT2D eigenvalue weighted by molar-refractivity contribution is 6.21. The minimum absolute atomic E-state index is 0.0127. The largest absolute Gasteiger partial charge is 0.336 e. The number of carbonyl (C=O) groups is 3. The van der Waals surface area contributed by atoms with E-state index in [0.717, 1.165) is 29.7 Å². The molecule has 0 aliphatic carbocycles. The lowest BCUT2D eigenvalue weighted by Crippen LogP contribution is -2.39. The molecule has 0 unspecified atom stereocenters. The van der Waals surface area contributed by atoms with Gasteiger partial charge in [-0.2, -0.15) is 0 Å². The van der Waals surface area contributed by atoms with Gasteiger partial charge >= 0.3 is 6.03 Å². The molecule has 4 rings (SSSR count). The number of hydrogen-bond acceptors (Lipinski definition) is 4. The summed E-state index contributed by atoms with van der Waals surface area (Å²) in [6, 6.07) is 11.6. The molecule has 2 fully saturated rings. The van der Waals surface area contributed by atoms with Crippen molar-refractivity contribution in [2.45, 2.75) is 44.2 Å². The Hall–Kier alpha value is -3.22. The Bertz CT molecular complexity index is 887. The van der Waals surface area contributed by atoms with Crippen LogP contribution < -0.4 is 10.2 Å². The first-order chi connectivity index (χ1) is 14.1. The highest BCUT2D eigenvalue weighted by Gasteiger charge is 2.39. The predicted molar refractivity (Wildman–Crippen MR) is 108 cm³/mol. The Morgan fingerprint density at radius 1 is 1.10 bits per heavy atom. The molecule has 0 bridgehead atoms. The van der Waals surface area contributed by atoms with Gasteiger partial charge in [-0.15, -0.1) is 0 Å². The molecule has 2 aliphatic heterocycles. The number of piperidine rings is 1. The van der Waals surface area contributed by atoms with Crippen molar-refractivity contribution >= 4 is 23.5 Å². The summed E-state index contributed by atoms with van der Waals surface area (Å²) < 4.78 is 0. The maximum absolute atomic E-state index is 12.9. The first kappa shape index (κ1) is 19.1. The molecule has 0 saturated carbocycles. The zero-order chi connectivity index (χ0) is 20.2. The van der Waals surface area contributed by atoms with Gasteiger partial charge in [-0.05, 0) is 49.4 Å². The van der Waals surface area contributed by atoms with Gasteiger partial charge in [0.25, 0.3) is 5.91 Å². The molecule has 4 amide bonds. The highest BCUT2D eigenvalue weighted by Crippen LogP contribution is 2.31. The van der Waals surface area contributed by atoms with Crippen LogP contribution in [0, 0.1) is 0 Å². The van der Waals surface area contributed by atoms with Crippen molar-refractivity contribution in [2.24, 2.45) is 0 Å². The number of benzene rings is 1. The number of aromatic nitrogens is 1. The number of para-hydroxylation sites is 1. The van der Waals surface area contributed by atoms with Gasteiger partial charge in [0.1, 0.15) is 6.04 Å². The topological polar surface area (TPSA) is 82.6 Å². The molecule has 7 nitrogen and oxygen atoms in total. The molecule has 1 N–H and O–H groups in total. The minimum atomic E-state index is -0.673. The summed E-state index contributed by atoms with van der Waals surface area (Å²) in [4.78, 5) is 45.1. The van der Waals surface area contributed by atoms with E-state index in [-0.39, 0.29) is 24.3 Å². The lowest BCUT2D eigenvalue weighted by molar-refractivity contribution is -0.135. The third-order valence-corrected chi connectivity index (χ3v) is 5.57. The number of anilines is 1. The van der Waals surface area contributed by atoms with Gasteiger partial charge in [0.05, 0.1) is 11.7 Å². The SMILES string of the molecule is O=C1N[C@H](CCC(=O)N2CCCC[C@H]2c2cccnc2)C(=O)N1c1ccccc1. The van der Waals surface area contributed by atoms with Crippen LogP contribution >= 0.6 is 0 Å². The average molecular weight is 392 g/mol. The standard InChI is InChI=1S/C22H24N4O3/c27-20(25-14-5-4-10-19(25)16-7-6-13-23-15-16)12-11-18-21(28)26(22(29)24-18)17-8-2-1-3-9-17/h1-3,6-9,13,15,18-19H,4-5,10-12,14H2,(H,24,29)/t18-,19+/m1/s1. The number of nitrogens with one attached hydrogen (secondary N) is 1. The van der Waals surface area contributed by atoms with E-state index in [1.165, 1.54) is 0 Å². The van der Waals surface area contributed by atoms with Gasteiger partial charge in [0, 0.05) is 25.4 Å². The Balaban J connectivity index is 1.40. The molecular weight excluding hydrogens is 368 g/mol. The average Bonchev–Trinajstić information content (AvgIpc) is 3.06. The number of amides is 4. The third-order valence-electron chi connectivity index (χ3n) is 5.57. The Kier molecular flexibility index (Phi) is 5.55. The molecular formula is C22H24N4O3. The van der Waals surface area contributed by atoms with Gasteiger partial charge in [0.2, 0.25) is 5.91 Å². The van der Waals surface area contributed by atoms with Crippen molar-refractivity contribution in [2.75, 3.05) is 11.4 Å². The molecule has 3 heterocycles. The first-order valence-corrected chi connectivity index (χ1v) is 10.0. The van der Waals surface area contributed by atoms with Crippen LogP contribution in [0.1, 0.15) is 43.7 Å². The van der Waals surface area contributed by atoms with Crippen molar-refractivity contribution in [3.05, 3.63) is 60.4 Å². The molecule has 0 radical (unpaired) electrons. The summed E-state index contributed by atoms with van der Waals surface area (Å²) in [6.07, 6.45) is 7.02. The van der Waals surface area contributed by atoms with Crippen molar-refractivity contribution < 1.29 is 14.4 Å². The van der Waals surface area contributed by atoms with Crippen LogP contribution in [0.15, 0.2) is 54.9 Å². The lowest BCUT2D eigenvalue weighted by atomic mass is 9.95. The fraction of sp³-hybridized carbons (Fsp3) is 0.364. The quantitative estimate of drug-likeness (QED) is 0.793. The van der Waals surface area contributed by atoms with E-state index in [9.17, 15) is 14.4 Å². The summed E-state index contributed by atoms with van der Waals surface area (Å²) in [7, 11) is 0. The van der Waals surface area contributed by atoms with Crippen LogP contribution in [0.5, 0.6) is 0 Å². The number of urea groups is 1. The van der Waals surface area contributed by atoms with Crippen molar-refractivity contribution in [3.8, 4) is 0 Å². The van der Waals surface area contributed by atoms with Gasteiger partial charge in [0.15, 0.2) is 0 Å². The maximum Gasteiger partial charge on any atom is 0.329 e. The van der Waals surface area contributed by atoms with Crippen LogP contribution in [0.25, 0.3) is 0 Å². The second-order valence-electron chi connectivity index (χ2n) is 7.44. The summed E-state index contributed by atoms with van der Waals surface area (Å²) in [5.74, 6) is -0.296. The summed E-state index contributed by atoms with van der Waals surface area (Å²) in [5, 5.41) is 2.71. The minimum Gasteiger partial charge on any atom is -0.336 e. The predicted octanol–water partition coefficient (Wildman–Crippen LogP) is 3.04. The molecule has 1 aromatic carbocycles. The molecule has 1 aromatic heterocycles. The molecule has 2 aromatic rings. The lowest BCUT2D eigenvalue weighted by Gasteiger charge is -2.36. The number of nitrogens with zero attached hydrogens (tertiary/aromatic N) is 3. The monoisotopic (exact) mass is 392 g/mol. The highest BCUT2D eigenvalue weighted by atomic mass is 16.2. The molecule has 150 valence electrons. The number of hydrogen-bond donors (Lipinski definition) is 1.